The van der Waals surface area contributed by atoms with Crippen LogP contribution >= 0.6 is 11.3 Å². The lowest BCUT2D eigenvalue weighted by Crippen LogP contribution is -2.18. The standard InChI is InChI=1S/C17H15F3N2OS/c1-16(2,3)13-9-24-15(22-13)11(8-21)14(23)10-6-4-5-7-12(10)17(18,19)20/h4-7,9,11H,1-3H3. The number of nitriles is 1. The number of halogens is 3. The van der Waals surface area contributed by atoms with Gasteiger partial charge in [-0.05, 0) is 6.07 Å². The van der Waals surface area contributed by atoms with Crippen LogP contribution in [0.2, 0.25) is 0 Å². The molecule has 1 heterocycles. The molecule has 0 radical (unpaired) electrons. The molecule has 7 heteroatoms. The summed E-state index contributed by atoms with van der Waals surface area (Å²) in [5, 5.41) is 11.3. The van der Waals surface area contributed by atoms with Gasteiger partial charge in [0.15, 0.2) is 11.7 Å². The van der Waals surface area contributed by atoms with Gasteiger partial charge in [0.1, 0.15) is 5.01 Å². The summed E-state index contributed by atoms with van der Waals surface area (Å²) in [6.45, 7) is 5.77. The van der Waals surface area contributed by atoms with E-state index in [0.717, 1.165) is 23.5 Å². The minimum absolute atomic E-state index is 0.212. The second kappa shape index (κ2) is 6.36. The molecular formula is C17H15F3N2OS. The van der Waals surface area contributed by atoms with Crippen molar-refractivity contribution in [3.8, 4) is 6.07 Å². The first-order valence-corrected chi connectivity index (χ1v) is 7.99. The highest BCUT2D eigenvalue weighted by Gasteiger charge is 2.37. The highest BCUT2D eigenvalue weighted by molar-refractivity contribution is 7.10. The van der Waals surface area contributed by atoms with Crippen molar-refractivity contribution in [2.75, 3.05) is 0 Å². The van der Waals surface area contributed by atoms with Gasteiger partial charge < -0.3 is 0 Å². The molecule has 0 amide bonds. The molecule has 0 aliphatic rings. The third-order valence-corrected chi connectivity index (χ3v) is 4.34. The Kier molecular flexibility index (Phi) is 4.81. The number of hydrogen-bond donors (Lipinski definition) is 0. The number of alkyl halides is 3. The molecule has 0 N–H and O–H groups in total. The smallest absolute Gasteiger partial charge is 0.292 e. The van der Waals surface area contributed by atoms with Gasteiger partial charge in [-0.15, -0.1) is 11.3 Å². The van der Waals surface area contributed by atoms with Crippen molar-refractivity contribution in [2.45, 2.75) is 38.3 Å². The monoisotopic (exact) mass is 352 g/mol. The van der Waals surface area contributed by atoms with Crippen molar-refractivity contribution in [3.63, 3.8) is 0 Å². The van der Waals surface area contributed by atoms with E-state index >= 15 is 0 Å². The first kappa shape index (κ1) is 18.1. The van der Waals surface area contributed by atoms with Crippen LogP contribution in [-0.4, -0.2) is 10.8 Å². The maximum absolute atomic E-state index is 13.1. The largest absolute Gasteiger partial charge is 0.417 e. The van der Waals surface area contributed by atoms with Gasteiger partial charge >= 0.3 is 6.18 Å². The number of thiazole rings is 1. The fourth-order valence-corrected chi connectivity index (χ4v) is 3.18. The van der Waals surface area contributed by atoms with Gasteiger partial charge in [-0.25, -0.2) is 4.98 Å². The van der Waals surface area contributed by atoms with Crippen LogP contribution in [-0.2, 0) is 11.6 Å². The maximum Gasteiger partial charge on any atom is 0.417 e. The number of carbonyl (C=O) groups is 1. The zero-order valence-electron chi connectivity index (χ0n) is 13.3. The Morgan fingerprint density at radius 3 is 2.38 bits per heavy atom. The predicted molar refractivity (Wildman–Crippen MR) is 84.9 cm³/mol. The molecule has 1 atom stereocenters. The van der Waals surface area contributed by atoms with Crippen molar-refractivity contribution >= 4 is 17.1 Å². The summed E-state index contributed by atoms with van der Waals surface area (Å²) < 4.78 is 39.3. The molecule has 0 aliphatic carbocycles. The van der Waals surface area contributed by atoms with Crippen LogP contribution in [0, 0.1) is 11.3 Å². The minimum Gasteiger partial charge on any atom is -0.292 e. The molecule has 2 aromatic rings. The van der Waals surface area contributed by atoms with Gasteiger partial charge in [0.25, 0.3) is 0 Å². The van der Waals surface area contributed by atoms with Gasteiger partial charge in [0.2, 0.25) is 0 Å². The fourth-order valence-electron chi connectivity index (χ4n) is 2.09. The number of nitrogens with zero attached hydrogens (tertiary/aromatic N) is 2. The van der Waals surface area contributed by atoms with E-state index in [-0.39, 0.29) is 10.4 Å². The number of hydrogen-bond acceptors (Lipinski definition) is 4. The van der Waals surface area contributed by atoms with Gasteiger partial charge in [-0.3, -0.25) is 4.79 Å². The number of Topliss-reactive ketones (excluding diaryl/α,β-unsaturated/α-hetero) is 1. The number of benzene rings is 1. The van der Waals surface area contributed by atoms with Crippen LogP contribution in [0.25, 0.3) is 0 Å². The van der Waals surface area contributed by atoms with Crippen molar-refractivity contribution in [2.24, 2.45) is 0 Å². The summed E-state index contributed by atoms with van der Waals surface area (Å²) in [4.78, 5) is 16.8. The first-order chi connectivity index (χ1) is 11.1. The Bertz CT molecular complexity index is 797. The van der Waals surface area contributed by atoms with Gasteiger partial charge in [-0.2, -0.15) is 18.4 Å². The van der Waals surface area contributed by atoms with Crippen LogP contribution in [0.5, 0.6) is 0 Å². The lowest BCUT2D eigenvalue weighted by Gasteiger charge is -2.15. The molecule has 0 spiro atoms. The summed E-state index contributed by atoms with van der Waals surface area (Å²) in [5.41, 5.74) is -1.13. The number of aromatic nitrogens is 1. The van der Waals surface area contributed by atoms with Gasteiger partial charge in [0, 0.05) is 16.4 Å². The summed E-state index contributed by atoms with van der Waals surface area (Å²) in [5.74, 6) is -2.24. The van der Waals surface area contributed by atoms with Crippen LogP contribution in [0.1, 0.15) is 53.3 Å². The second-order valence-corrected chi connectivity index (χ2v) is 7.18. The molecule has 0 fully saturated rings. The van der Waals surface area contributed by atoms with Crippen LogP contribution in [0.3, 0.4) is 0 Å². The molecule has 0 aliphatic heterocycles. The average molecular weight is 352 g/mol. The topological polar surface area (TPSA) is 53.8 Å². The quantitative estimate of drug-likeness (QED) is 0.735. The molecule has 1 unspecified atom stereocenters. The van der Waals surface area contributed by atoms with E-state index in [1.165, 1.54) is 12.1 Å². The third-order valence-electron chi connectivity index (χ3n) is 3.43. The maximum atomic E-state index is 13.1. The van der Waals surface area contributed by atoms with E-state index in [1.54, 1.807) is 11.4 Å². The van der Waals surface area contributed by atoms with E-state index in [4.69, 9.17) is 0 Å². The highest BCUT2D eigenvalue weighted by atomic mass is 32.1. The van der Waals surface area contributed by atoms with Crippen molar-refractivity contribution in [3.05, 3.63) is 51.5 Å². The van der Waals surface area contributed by atoms with Crippen molar-refractivity contribution in [1.82, 2.24) is 4.98 Å². The van der Waals surface area contributed by atoms with E-state index < -0.39 is 29.0 Å². The molecule has 126 valence electrons. The molecule has 0 bridgehead atoms. The fraction of sp³-hybridized carbons (Fsp3) is 0.353. The second-order valence-electron chi connectivity index (χ2n) is 6.29. The van der Waals surface area contributed by atoms with Crippen LogP contribution in [0.4, 0.5) is 13.2 Å². The molecule has 0 saturated carbocycles. The summed E-state index contributed by atoms with van der Waals surface area (Å²) >= 11 is 1.11. The Balaban J connectivity index is 2.45. The third kappa shape index (κ3) is 3.65. The van der Waals surface area contributed by atoms with E-state index in [2.05, 4.69) is 4.98 Å². The van der Waals surface area contributed by atoms with E-state index in [0.29, 0.717) is 5.69 Å². The molecular weight excluding hydrogens is 337 g/mol. The normalized spacial score (nSPS) is 13.4. The van der Waals surface area contributed by atoms with Crippen molar-refractivity contribution in [1.29, 1.82) is 5.26 Å². The molecule has 0 saturated heterocycles. The first-order valence-electron chi connectivity index (χ1n) is 7.11. The molecule has 24 heavy (non-hydrogen) atoms. The number of ketones is 1. The molecule has 2 rings (SSSR count). The average Bonchev–Trinajstić information content (AvgIpc) is 2.97. The molecule has 3 nitrogen and oxygen atoms in total. The van der Waals surface area contributed by atoms with Crippen LogP contribution < -0.4 is 0 Å². The highest BCUT2D eigenvalue weighted by Crippen LogP contribution is 2.35. The Hall–Kier alpha value is -2.20. The van der Waals surface area contributed by atoms with E-state index in [1.807, 2.05) is 20.8 Å². The predicted octanol–water partition coefficient (Wildman–Crippen LogP) is 4.95. The Morgan fingerprint density at radius 1 is 1.25 bits per heavy atom. The van der Waals surface area contributed by atoms with Gasteiger partial charge in [-0.1, -0.05) is 39.0 Å². The summed E-state index contributed by atoms with van der Waals surface area (Å²) in [6.07, 6.45) is -4.66. The number of carbonyl (C=O) groups excluding carboxylic acids is 1. The summed E-state index contributed by atoms with van der Waals surface area (Å²) in [6, 6.07) is 6.28. The summed E-state index contributed by atoms with van der Waals surface area (Å²) in [7, 11) is 0. The zero-order chi connectivity index (χ0) is 18.1. The van der Waals surface area contributed by atoms with E-state index in [9.17, 15) is 23.2 Å². The molecule has 1 aromatic heterocycles. The lowest BCUT2D eigenvalue weighted by molar-refractivity contribution is -0.137. The van der Waals surface area contributed by atoms with Crippen LogP contribution in [0.15, 0.2) is 29.6 Å². The van der Waals surface area contributed by atoms with Gasteiger partial charge in [0.05, 0.1) is 17.3 Å². The SMILES string of the molecule is CC(C)(C)c1csc(C(C#N)C(=O)c2ccccc2C(F)(F)F)n1. The number of rotatable bonds is 3. The van der Waals surface area contributed by atoms with Crippen molar-refractivity contribution < 1.29 is 18.0 Å². The molecule has 1 aromatic carbocycles. The minimum atomic E-state index is -4.66. The zero-order valence-corrected chi connectivity index (χ0v) is 14.1. The Labute approximate surface area is 141 Å². The lowest BCUT2D eigenvalue weighted by atomic mass is 9.92. The Morgan fingerprint density at radius 2 is 1.88 bits per heavy atom.